The number of hydrogen-bond acceptors (Lipinski definition) is 3. The zero-order valence-corrected chi connectivity index (χ0v) is 17.6. The minimum atomic E-state index is -0.266. The average molecular weight is 431 g/mol. The molecule has 152 valence electrons. The van der Waals surface area contributed by atoms with Crippen molar-refractivity contribution in [2.75, 3.05) is 0 Å². The largest absolute Gasteiger partial charge is 0.348 e. The van der Waals surface area contributed by atoms with Crippen molar-refractivity contribution >= 4 is 23.2 Å². The molecule has 3 unspecified atom stereocenters. The Kier molecular flexibility index (Phi) is 6.88. The number of ether oxygens (including phenoxy) is 2. The highest BCUT2D eigenvalue weighted by Crippen LogP contribution is 2.34. The first-order valence-corrected chi connectivity index (χ1v) is 10.7. The van der Waals surface area contributed by atoms with E-state index in [0.717, 1.165) is 31.4 Å². The van der Waals surface area contributed by atoms with E-state index >= 15 is 0 Å². The van der Waals surface area contributed by atoms with Crippen LogP contribution in [-0.4, -0.2) is 21.9 Å². The molecule has 0 radical (unpaired) electrons. The van der Waals surface area contributed by atoms with E-state index in [1.54, 1.807) is 12.3 Å². The summed E-state index contributed by atoms with van der Waals surface area (Å²) < 4.78 is 14.8. The van der Waals surface area contributed by atoms with Crippen LogP contribution in [0.25, 0.3) is 0 Å². The van der Waals surface area contributed by atoms with E-state index in [-0.39, 0.29) is 18.5 Å². The van der Waals surface area contributed by atoms with Gasteiger partial charge in [-0.25, -0.2) is 4.98 Å². The molecule has 4 rings (SSSR count). The first-order valence-electron chi connectivity index (χ1n) is 9.93. The van der Waals surface area contributed by atoms with Gasteiger partial charge in [0.15, 0.2) is 6.29 Å². The minimum absolute atomic E-state index is 0.112. The van der Waals surface area contributed by atoms with Crippen LogP contribution in [0.2, 0.25) is 10.0 Å². The standard InChI is InChI=1S/C23H24Cl2N2O2/c24-18-9-10-20(21(25)14-18)22(13-17-5-2-1-3-6-17)29-23-8-4-7-19(28-23)15-27-12-11-26-16-27/h1-3,5-6,9-12,14,16,19,22-23H,4,7-8,13,15H2. The highest BCUT2D eigenvalue weighted by atomic mass is 35.5. The monoisotopic (exact) mass is 430 g/mol. The lowest BCUT2D eigenvalue weighted by atomic mass is 10.0. The summed E-state index contributed by atoms with van der Waals surface area (Å²) in [6.45, 7) is 0.783. The van der Waals surface area contributed by atoms with Crippen molar-refractivity contribution in [3.8, 4) is 0 Å². The molecule has 0 spiro atoms. The molecule has 4 nitrogen and oxygen atoms in total. The predicted molar refractivity (Wildman–Crippen MR) is 115 cm³/mol. The first kappa shape index (κ1) is 20.4. The van der Waals surface area contributed by atoms with Gasteiger partial charge in [-0.3, -0.25) is 0 Å². The molecule has 1 aromatic heterocycles. The second kappa shape index (κ2) is 9.77. The normalized spacial score (nSPS) is 20.5. The van der Waals surface area contributed by atoms with E-state index in [2.05, 4.69) is 17.1 Å². The third kappa shape index (κ3) is 5.61. The molecule has 6 heteroatoms. The van der Waals surface area contributed by atoms with E-state index in [1.165, 1.54) is 5.56 Å². The van der Waals surface area contributed by atoms with E-state index in [1.807, 2.05) is 47.4 Å². The summed E-state index contributed by atoms with van der Waals surface area (Å²) in [4.78, 5) is 4.11. The molecule has 1 fully saturated rings. The Morgan fingerprint density at radius 2 is 2.00 bits per heavy atom. The SMILES string of the molecule is Clc1ccc(C(Cc2ccccc2)OC2CCCC(Cn3ccnc3)O2)c(Cl)c1. The number of rotatable bonds is 7. The topological polar surface area (TPSA) is 36.3 Å². The maximum absolute atomic E-state index is 6.52. The van der Waals surface area contributed by atoms with Crippen LogP contribution >= 0.6 is 23.2 Å². The number of benzene rings is 2. The van der Waals surface area contributed by atoms with Crippen LogP contribution in [0.4, 0.5) is 0 Å². The molecule has 29 heavy (non-hydrogen) atoms. The van der Waals surface area contributed by atoms with Crippen LogP contribution in [0, 0.1) is 0 Å². The fraction of sp³-hybridized carbons (Fsp3) is 0.348. The summed E-state index contributed by atoms with van der Waals surface area (Å²) in [7, 11) is 0. The molecule has 0 saturated carbocycles. The van der Waals surface area contributed by atoms with Crippen LogP contribution in [0.3, 0.4) is 0 Å². The van der Waals surface area contributed by atoms with Crippen molar-refractivity contribution in [2.24, 2.45) is 0 Å². The Hall–Kier alpha value is -1.85. The summed E-state index contributed by atoms with van der Waals surface area (Å²) in [5.41, 5.74) is 2.12. The summed E-state index contributed by atoms with van der Waals surface area (Å²) in [5, 5.41) is 1.23. The molecule has 1 saturated heterocycles. The van der Waals surface area contributed by atoms with E-state index < -0.39 is 0 Å². The second-order valence-electron chi connectivity index (χ2n) is 7.36. The van der Waals surface area contributed by atoms with Crippen LogP contribution < -0.4 is 0 Å². The molecule has 0 bridgehead atoms. The summed E-state index contributed by atoms with van der Waals surface area (Å²) in [6, 6.07) is 15.9. The van der Waals surface area contributed by atoms with Gasteiger partial charge in [0.1, 0.15) is 0 Å². The Morgan fingerprint density at radius 1 is 1.14 bits per heavy atom. The first-order chi connectivity index (χ1) is 14.2. The quantitative estimate of drug-likeness (QED) is 0.455. The third-order valence-corrected chi connectivity index (χ3v) is 5.74. The lowest BCUT2D eigenvalue weighted by molar-refractivity contribution is -0.218. The van der Waals surface area contributed by atoms with Gasteiger partial charge >= 0.3 is 0 Å². The van der Waals surface area contributed by atoms with Gasteiger partial charge in [0.05, 0.1) is 18.5 Å². The third-order valence-electron chi connectivity index (χ3n) is 5.17. The Morgan fingerprint density at radius 3 is 2.76 bits per heavy atom. The van der Waals surface area contributed by atoms with Crippen molar-refractivity contribution in [1.29, 1.82) is 0 Å². The van der Waals surface area contributed by atoms with Crippen LogP contribution in [0.15, 0.2) is 67.3 Å². The number of nitrogens with zero attached hydrogens (tertiary/aromatic N) is 2. The molecule has 3 atom stereocenters. The molecule has 3 aromatic rings. The Labute approximate surface area is 181 Å². The van der Waals surface area contributed by atoms with E-state index in [0.29, 0.717) is 16.5 Å². The molecule has 1 aliphatic heterocycles. The molecular weight excluding hydrogens is 407 g/mol. The predicted octanol–water partition coefficient (Wildman–Crippen LogP) is 6.09. The van der Waals surface area contributed by atoms with Crippen molar-refractivity contribution in [1.82, 2.24) is 9.55 Å². The highest BCUT2D eigenvalue weighted by molar-refractivity contribution is 6.35. The van der Waals surface area contributed by atoms with Crippen molar-refractivity contribution in [3.05, 3.63) is 88.4 Å². The Balaban J connectivity index is 1.49. The van der Waals surface area contributed by atoms with Crippen LogP contribution in [0.1, 0.15) is 36.5 Å². The summed E-state index contributed by atoms with van der Waals surface area (Å²) in [6.07, 6.45) is 8.87. The van der Waals surface area contributed by atoms with Crippen LogP contribution in [-0.2, 0) is 22.4 Å². The molecule has 1 aliphatic rings. The molecule has 0 N–H and O–H groups in total. The van der Waals surface area contributed by atoms with Gasteiger partial charge in [-0.05, 0) is 42.5 Å². The smallest absolute Gasteiger partial charge is 0.158 e. The Bertz CT molecular complexity index is 903. The van der Waals surface area contributed by atoms with Crippen molar-refractivity contribution in [2.45, 2.75) is 50.7 Å². The van der Waals surface area contributed by atoms with E-state index in [9.17, 15) is 0 Å². The lowest BCUT2D eigenvalue weighted by Gasteiger charge is -2.33. The second-order valence-corrected chi connectivity index (χ2v) is 8.20. The van der Waals surface area contributed by atoms with Gasteiger partial charge in [0.25, 0.3) is 0 Å². The number of imidazole rings is 1. The van der Waals surface area contributed by atoms with Gasteiger partial charge in [0.2, 0.25) is 0 Å². The maximum Gasteiger partial charge on any atom is 0.158 e. The zero-order valence-electron chi connectivity index (χ0n) is 16.1. The number of halogens is 2. The van der Waals surface area contributed by atoms with Gasteiger partial charge in [-0.2, -0.15) is 0 Å². The average Bonchev–Trinajstić information content (AvgIpc) is 3.22. The van der Waals surface area contributed by atoms with Gasteiger partial charge < -0.3 is 14.0 Å². The van der Waals surface area contributed by atoms with Gasteiger partial charge in [0, 0.05) is 35.4 Å². The minimum Gasteiger partial charge on any atom is -0.348 e. The fourth-order valence-corrected chi connectivity index (χ4v) is 4.26. The highest BCUT2D eigenvalue weighted by Gasteiger charge is 2.27. The maximum atomic E-state index is 6.52. The van der Waals surface area contributed by atoms with Gasteiger partial charge in [-0.1, -0.05) is 59.6 Å². The fourth-order valence-electron chi connectivity index (χ4n) is 3.73. The van der Waals surface area contributed by atoms with Crippen molar-refractivity contribution < 1.29 is 9.47 Å². The van der Waals surface area contributed by atoms with Gasteiger partial charge in [-0.15, -0.1) is 0 Å². The summed E-state index contributed by atoms with van der Waals surface area (Å²) in [5.74, 6) is 0. The van der Waals surface area contributed by atoms with Crippen LogP contribution in [0.5, 0.6) is 0 Å². The molecule has 2 heterocycles. The molecule has 2 aromatic carbocycles. The molecule has 0 amide bonds. The van der Waals surface area contributed by atoms with Crippen molar-refractivity contribution in [3.63, 3.8) is 0 Å². The zero-order chi connectivity index (χ0) is 20.1. The summed E-state index contributed by atoms with van der Waals surface area (Å²) >= 11 is 12.6. The van der Waals surface area contributed by atoms with E-state index in [4.69, 9.17) is 32.7 Å². The lowest BCUT2D eigenvalue weighted by Crippen LogP contribution is -2.33. The number of aromatic nitrogens is 2. The molecule has 0 aliphatic carbocycles. The number of hydrogen-bond donors (Lipinski definition) is 0. The molecular formula is C23H24Cl2N2O2.